The van der Waals surface area contributed by atoms with E-state index < -0.39 is 0 Å². The van der Waals surface area contributed by atoms with E-state index in [1.165, 1.54) is 0 Å². The number of nitrogens with zero attached hydrogens (tertiary/aromatic N) is 1. The fourth-order valence-electron chi connectivity index (χ4n) is 2.02. The molecule has 0 saturated heterocycles. The van der Waals surface area contributed by atoms with Gasteiger partial charge in [-0.1, -0.05) is 31.2 Å². The van der Waals surface area contributed by atoms with Crippen molar-refractivity contribution in [2.45, 2.75) is 37.0 Å². The summed E-state index contributed by atoms with van der Waals surface area (Å²) in [5.74, 6) is 0.738. The monoisotopic (exact) mass is 324 g/mol. The first-order chi connectivity index (χ1) is 11.1. The quantitative estimate of drug-likeness (QED) is 0.802. The van der Waals surface area contributed by atoms with Crippen LogP contribution in [-0.2, 0) is 5.75 Å². The maximum atomic E-state index is 12.4. The third-order valence-electron chi connectivity index (χ3n) is 3.60. The molecular formula is C19H20N2OS. The molecule has 0 heterocycles. The van der Waals surface area contributed by atoms with Crippen molar-refractivity contribution in [1.29, 1.82) is 5.26 Å². The van der Waals surface area contributed by atoms with Gasteiger partial charge in [-0.05, 0) is 43.2 Å². The second kappa shape index (κ2) is 8.40. The van der Waals surface area contributed by atoms with Crippen LogP contribution in [0.1, 0.15) is 41.8 Å². The van der Waals surface area contributed by atoms with E-state index in [0.717, 1.165) is 22.6 Å². The van der Waals surface area contributed by atoms with Crippen LogP contribution >= 0.6 is 11.8 Å². The minimum absolute atomic E-state index is 0.0257. The Morgan fingerprint density at radius 1 is 1.22 bits per heavy atom. The zero-order valence-corrected chi connectivity index (χ0v) is 14.2. The molecular weight excluding hydrogens is 304 g/mol. The van der Waals surface area contributed by atoms with E-state index in [-0.39, 0.29) is 11.9 Å². The zero-order chi connectivity index (χ0) is 16.7. The first-order valence-electron chi connectivity index (χ1n) is 7.65. The Bertz CT molecular complexity index is 704. The zero-order valence-electron chi connectivity index (χ0n) is 13.4. The van der Waals surface area contributed by atoms with Crippen LogP contribution in [0.4, 0.5) is 0 Å². The van der Waals surface area contributed by atoms with Gasteiger partial charge >= 0.3 is 0 Å². The molecule has 118 valence electrons. The Kier molecular flexibility index (Phi) is 6.25. The SMILES string of the molecule is CCC(C)NC(=O)c1ccccc1SCc1ccc(C#N)cc1. The lowest BCUT2D eigenvalue weighted by Crippen LogP contribution is -2.32. The summed E-state index contributed by atoms with van der Waals surface area (Å²) < 4.78 is 0. The number of rotatable bonds is 6. The molecule has 0 saturated carbocycles. The minimum atomic E-state index is -0.0257. The van der Waals surface area contributed by atoms with Crippen molar-refractivity contribution in [2.24, 2.45) is 0 Å². The summed E-state index contributed by atoms with van der Waals surface area (Å²) in [7, 11) is 0. The molecule has 0 aromatic heterocycles. The first-order valence-corrected chi connectivity index (χ1v) is 8.64. The van der Waals surface area contributed by atoms with Crippen molar-refractivity contribution in [3.05, 3.63) is 65.2 Å². The second-order valence-electron chi connectivity index (χ2n) is 5.38. The number of nitriles is 1. The van der Waals surface area contributed by atoms with Crippen molar-refractivity contribution in [2.75, 3.05) is 0 Å². The number of carbonyl (C=O) groups is 1. The predicted octanol–water partition coefficient (Wildman–Crippen LogP) is 4.38. The highest BCUT2D eigenvalue weighted by Gasteiger charge is 2.13. The van der Waals surface area contributed by atoms with Gasteiger partial charge in [0.15, 0.2) is 0 Å². The normalized spacial score (nSPS) is 11.5. The van der Waals surface area contributed by atoms with Crippen LogP contribution in [0.3, 0.4) is 0 Å². The van der Waals surface area contributed by atoms with E-state index in [1.54, 1.807) is 11.8 Å². The molecule has 0 aliphatic carbocycles. The van der Waals surface area contributed by atoms with Gasteiger partial charge in [0.05, 0.1) is 17.2 Å². The Labute approximate surface area is 141 Å². The van der Waals surface area contributed by atoms with E-state index in [0.29, 0.717) is 11.1 Å². The predicted molar refractivity (Wildman–Crippen MR) is 94.4 cm³/mol. The fraction of sp³-hybridized carbons (Fsp3) is 0.263. The van der Waals surface area contributed by atoms with Gasteiger partial charge in [0.1, 0.15) is 0 Å². The average Bonchev–Trinajstić information content (AvgIpc) is 2.60. The van der Waals surface area contributed by atoms with Crippen molar-refractivity contribution in [3.8, 4) is 6.07 Å². The van der Waals surface area contributed by atoms with Crippen LogP contribution in [0.15, 0.2) is 53.4 Å². The largest absolute Gasteiger partial charge is 0.350 e. The summed E-state index contributed by atoms with van der Waals surface area (Å²) in [6, 6.07) is 17.5. The highest BCUT2D eigenvalue weighted by molar-refractivity contribution is 7.98. The summed E-state index contributed by atoms with van der Waals surface area (Å²) in [5.41, 5.74) is 2.50. The number of amides is 1. The highest BCUT2D eigenvalue weighted by atomic mass is 32.2. The van der Waals surface area contributed by atoms with Crippen LogP contribution in [0.2, 0.25) is 0 Å². The molecule has 23 heavy (non-hydrogen) atoms. The molecule has 0 spiro atoms. The lowest BCUT2D eigenvalue weighted by molar-refractivity contribution is 0.0936. The van der Waals surface area contributed by atoms with E-state index in [2.05, 4.69) is 18.3 Å². The highest BCUT2D eigenvalue weighted by Crippen LogP contribution is 2.26. The Morgan fingerprint density at radius 3 is 2.57 bits per heavy atom. The van der Waals surface area contributed by atoms with Gasteiger partial charge in [-0.25, -0.2) is 0 Å². The second-order valence-corrected chi connectivity index (χ2v) is 6.39. The van der Waals surface area contributed by atoms with E-state index in [1.807, 2.05) is 55.5 Å². The summed E-state index contributed by atoms with van der Waals surface area (Å²) in [4.78, 5) is 13.3. The molecule has 0 aliphatic heterocycles. The summed E-state index contributed by atoms with van der Waals surface area (Å²) >= 11 is 1.63. The number of nitrogens with one attached hydrogen (secondary N) is 1. The van der Waals surface area contributed by atoms with Crippen LogP contribution in [0.5, 0.6) is 0 Å². The number of thioether (sulfide) groups is 1. The molecule has 1 amide bonds. The first kappa shape index (κ1) is 17.1. The van der Waals surface area contributed by atoms with Crippen molar-refractivity contribution in [1.82, 2.24) is 5.32 Å². The molecule has 1 unspecified atom stereocenters. The summed E-state index contributed by atoms with van der Waals surface area (Å²) in [5, 5.41) is 11.8. The molecule has 2 aromatic rings. The Balaban J connectivity index is 2.07. The number of hydrogen-bond donors (Lipinski definition) is 1. The maximum Gasteiger partial charge on any atom is 0.252 e. The number of benzene rings is 2. The molecule has 2 aromatic carbocycles. The van der Waals surface area contributed by atoms with Gasteiger partial charge in [0.2, 0.25) is 0 Å². The van der Waals surface area contributed by atoms with Crippen LogP contribution < -0.4 is 5.32 Å². The third-order valence-corrected chi connectivity index (χ3v) is 4.74. The molecule has 1 N–H and O–H groups in total. The van der Waals surface area contributed by atoms with Gasteiger partial charge in [-0.3, -0.25) is 4.79 Å². The number of carbonyl (C=O) groups excluding carboxylic acids is 1. The molecule has 1 atom stereocenters. The van der Waals surface area contributed by atoms with Crippen molar-refractivity contribution in [3.63, 3.8) is 0 Å². The topological polar surface area (TPSA) is 52.9 Å². The smallest absolute Gasteiger partial charge is 0.252 e. The molecule has 2 rings (SSSR count). The van der Waals surface area contributed by atoms with Gasteiger partial charge in [0.25, 0.3) is 5.91 Å². The standard InChI is InChI=1S/C19H20N2OS/c1-3-14(2)21-19(22)17-6-4-5-7-18(17)23-13-16-10-8-15(12-20)9-11-16/h4-11,14H,3,13H2,1-2H3,(H,21,22). The van der Waals surface area contributed by atoms with Crippen LogP contribution in [-0.4, -0.2) is 11.9 Å². The molecule has 0 aliphatic rings. The van der Waals surface area contributed by atoms with Crippen LogP contribution in [0.25, 0.3) is 0 Å². The van der Waals surface area contributed by atoms with E-state index >= 15 is 0 Å². The molecule has 0 bridgehead atoms. The van der Waals surface area contributed by atoms with Crippen LogP contribution in [0, 0.1) is 11.3 Å². The van der Waals surface area contributed by atoms with Gasteiger partial charge in [-0.15, -0.1) is 11.8 Å². The molecule has 0 fully saturated rings. The number of hydrogen-bond acceptors (Lipinski definition) is 3. The molecule has 4 heteroatoms. The average molecular weight is 324 g/mol. The van der Waals surface area contributed by atoms with E-state index in [9.17, 15) is 4.79 Å². The Morgan fingerprint density at radius 2 is 1.91 bits per heavy atom. The third kappa shape index (κ3) is 4.87. The molecule has 0 radical (unpaired) electrons. The lowest BCUT2D eigenvalue weighted by atomic mass is 10.2. The Hall–Kier alpha value is -2.25. The minimum Gasteiger partial charge on any atom is -0.350 e. The summed E-state index contributed by atoms with van der Waals surface area (Å²) in [6.07, 6.45) is 0.909. The van der Waals surface area contributed by atoms with Gasteiger partial charge in [0, 0.05) is 16.7 Å². The van der Waals surface area contributed by atoms with E-state index in [4.69, 9.17) is 5.26 Å². The van der Waals surface area contributed by atoms with Crippen molar-refractivity contribution >= 4 is 17.7 Å². The molecule has 3 nitrogen and oxygen atoms in total. The van der Waals surface area contributed by atoms with Crippen molar-refractivity contribution < 1.29 is 4.79 Å². The maximum absolute atomic E-state index is 12.4. The van der Waals surface area contributed by atoms with Gasteiger partial charge in [-0.2, -0.15) is 5.26 Å². The van der Waals surface area contributed by atoms with Gasteiger partial charge < -0.3 is 5.32 Å². The fourth-order valence-corrected chi connectivity index (χ4v) is 3.03. The lowest BCUT2D eigenvalue weighted by Gasteiger charge is -2.14. The summed E-state index contributed by atoms with van der Waals surface area (Å²) in [6.45, 7) is 4.06.